The molecule has 4 rings (SSSR count). The van der Waals surface area contributed by atoms with Crippen LogP contribution in [0.1, 0.15) is 0 Å². The minimum Gasteiger partial charge on any atom is -0.507 e. The Morgan fingerprint density at radius 3 is 1.96 bits per heavy atom. The Balaban J connectivity index is 2.19. The van der Waals surface area contributed by atoms with E-state index in [2.05, 4.69) is 30.3 Å². The summed E-state index contributed by atoms with van der Waals surface area (Å²) < 4.78 is 5.34. The average molecular weight is 300 g/mol. The number of benzene rings is 4. The van der Waals surface area contributed by atoms with Crippen molar-refractivity contribution >= 4 is 21.5 Å². The second kappa shape index (κ2) is 5.33. The Labute approximate surface area is 134 Å². The van der Waals surface area contributed by atoms with Crippen molar-refractivity contribution in [2.45, 2.75) is 0 Å². The fourth-order valence-corrected chi connectivity index (χ4v) is 3.15. The van der Waals surface area contributed by atoms with Crippen molar-refractivity contribution < 1.29 is 9.84 Å². The number of ether oxygens (including phenoxy) is 1. The second-order valence-electron chi connectivity index (χ2n) is 5.58. The molecule has 0 aliphatic rings. The smallest absolute Gasteiger partial charge is 0.123 e. The van der Waals surface area contributed by atoms with E-state index in [4.69, 9.17) is 4.74 Å². The maximum Gasteiger partial charge on any atom is 0.123 e. The van der Waals surface area contributed by atoms with E-state index in [1.165, 1.54) is 0 Å². The van der Waals surface area contributed by atoms with Crippen LogP contribution in [0.5, 0.6) is 11.5 Å². The zero-order valence-electron chi connectivity index (χ0n) is 12.8. The Hall–Kier alpha value is -3.00. The number of phenolic OH excluding ortho intramolecular Hbond substituents is 1. The van der Waals surface area contributed by atoms with Gasteiger partial charge in [0.1, 0.15) is 11.5 Å². The van der Waals surface area contributed by atoms with Gasteiger partial charge in [-0.25, -0.2) is 0 Å². The van der Waals surface area contributed by atoms with E-state index in [0.29, 0.717) is 0 Å². The largest absolute Gasteiger partial charge is 0.507 e. The lowest BCUT2D eigenvalue weighted by Crippen LogP contribution is -1.88. The number of methoxy groups -OCH3 is 1. The molecule has 0 unspecified atom stereocenters. The van der Waals surface area contributed by atoms with Gasteiger partial charge in [0, 0.05) is 11.1 Å². The molecule has 0 fully saturated rings. The molecule has 0 bridgehead atoms. The number of hydrogen-bond acceptors (Lipinski definition) is 2. The first-order chi connectivity index (χ1) is 11.3. The van der Waals surface area contributed by atoms with E-state index in [-0.39, 0.29) is 5.75 Å². The first kappa shape index (κ1) is 13.6. The van der Waals surface area contributed by atoms with E-state index in [1.807, 2.05) is 30.3 Å². The molecule has 0 spiro atoms. The molecule has 23 heavy (non-hydrogen) atoms. The van der Waals surface area contributed by atoms with Crippen molar-refractivity contribution in [3.8, 4) is 22.6 Å². The normalized spacial score (nSPS) is 11.0. The third-order valence-electron chi connectivity index (χ3n) is 4.24. The van der Waals surface area contributed by atoms with Gasteiger partial charge < -0.3 is 9.84 Å². The van der Waals surface area contributed by atoms with E-state index in [0.717, 1.165) is 38.4 Å². The van der Waals surface area contributed by atoms with Crippen LogP contribution < -0.4 is 4.74 Å². The summed E-state index contributed by atoms with van der Waals surface area (Å²) in [5, 5.41) is 15.0. The predicted molar refractivity (Wildman–Crippen MR) is 95.1 cm³/mol. The van der Waals surface area contributed by atoms with Crippen LogP contribution in [0, 0.1) is 0 Å². The molecule has 0 aromatic heterocycles. The fourth-order valence-electron chi connectivity index (χ4n) is 3.15. The van der Waals surface area contributed by atoms with Crippen LogP contribution in [0.2, 0.25) is 0 Å². The van der Waals surface area contributed by atoms with Crippen LogP contribution in [0.4, 0.5) is 0 Å². The molecule has 0 saturated carbocycles. The molecule has 0 aliphatic heterocycles. The monoisotopic (exact) mass is 300 g/mol. The number of rotatable bonds is 2. The average Bonchev–Trinajstić information content (AvgIpc) is 2.60. The first-order valence-electron chi connectivity index (χ1n) is 7.56. The van der Waals surface area contributed by atoms with Crippen LogP contribution in [0.3, 0.4) is 0 Å². The highest BCUT2D eigenvalue weighted by molar-refractivity contribution is 6.13. The summed E-state index contributed by atoms with van der Waals surface area (Å²) in [6.07, 6.45) is 0. The zero-order chi connectivity index (χ0) is 15.8. The third kappa shape index (κ3) is 2.20. The second-order valence-corrected chi connectivity index (χ2v) is 5.58. The van der Waals surface area contributed by atoms with Crippen LogP contribution >= 0.6 is 0 Å². The summed E-state index contributed by atoms with van der Waals surface area (Å²) in [4.78, 5) is 0. The Bertz CT molecular complexity index is 965. The molecule has 0 atom stereocenters. The molecule has 1 N–H and O–H groups in total. The molecule has 4 aromatic rings. The Morgan fingerprint density at radius 2 is 1.35 bits per heavy atom. The molecule has 0 amide bonds. The topological polar surface area (TPSA) is 29.5 Å². The van der Waals surface area contributed by atoms with Crippen molar-refractivity contribution in [1.29, 1.82) is 0 Å². The summed E-state index contributed by atoms with van der Waals surface area (Å²) in [6, 6.07) is 24.0. The SMILES string of the molecule is COc1ccc(O)c(-c2c3ccccc3cc3ccccc23)c1. The van der Waals surface area contributed by atoms with Crippen LogP contribution in [-0.4, -0.2) is 12.2 Å². The summed E-state index contributed by atoms with van der Waals surface area (Å²) in [5.74, 6) is 0.988. The van der Waals surface area contributed by atoms with Crippen LogP contribution in [0.15, 0.2) is 72.8 Å². The standard InChI is InChI=1S/C21H16O2/c1-23-16-10-11-20(22)19(13-16)21-17-8-4-2-6-14(17)12-15-7-3-5-9-18(15)21/h2-13,22H,1H3. The number of fused-ring (bicyclic) bond motifs is 2. The Kier molecular flexibility index (Phi) is 3.16. The zero-order valence-corrected chi connectivity index (χ0v) is 12.8. The Morgan fingerprint density at radius 1 is 0.739 bits per heavy atom. The molecular formula is C21H16O2. The van der Waals surface area contributed by atoms with Crippen molar-refractivity contribution in [3.63, 3.8) is 0 Å². The lowest BCUT2D eigenvalue weighted by atomic mass is 9.91. The quantitative estimate of drug-likeness (QED) is 0.504. The fraction of sp³-hybridized carbons (Fsp3) is 0.0476. The molecule has 2 nitrogen and oxygen atoms in total. The van der Waals surface area contributed by atoms with Gasteiger partial charge >= 0.3 is 0 Å². The summed E-state index contributed by atoms with van der Waals surface area (Å²) >= 11 is 0. The minimum atomic E-state index is 0.257. The van der Waals surface area contributed by atoms with Gasteiger partial charge in [-0.05, 0) is 45.8 Å². The van der Waals surface area contributed by atoms with Gasteiger partial charge in [0.25, 0.3) is 0 Å². The molecule has 2 heteroatoms. The van der Waals surface area contributed by atoms with Gasteiger partial charge in [-0.1, -0.05) is 48.5 Å². The van der Waals surface area contributed by atoms with E-state index in [9.17, 15) is 5.11 Å². The van der Waals surface area contributed by atoms with Gasteiger partial charge in [0.15, 0.2) is 0 Å². The lowest BCUT2D eigenvalue weighted by molar-refractivity contribution is 0.412. The van der Waals surface area contributed by atoms with Gasteiger partial charge in [0.05, 0.1) is 7.11 Å². The van der Waals surface area contributed by atoms with Gasteiger partial charge in [-0.3, -0.25) is 0 Å². The van der Waals surface area contributed by atoms with Crippen molar-refractivity contribution in [2.24, 2.45) is 0 Å². The first-order valence-corrected chi connectivity index (χ1v) is 7.56. The van der Waals surface area contributed by atoms with Crippen LogP contribution in [-0.2, 0) is 0 Å². The van der Waals surface area contributed by atoms with Crippen molar-refractivity contribution in [1.82, 2.24) is 0 Å². The number of phenols is 1. The molecule has 112 valence electrons. The van der Waals surface area contributed by atoms with Crippen molar-refractivity contribution in [2.75, 3.05) is 7.11 Å². The van der Waals surface area contributed by atoms with E-state index in [1.54, 1.807) is 19.2 Å². The maximum atomic E-state index is 10.4. The molecule has 4 aromatic carbocycles. The number of hydrogen-bond donors (Lipinski definition) is 1. The molecular weight excluding hydrogens is 284 g/mol. The van der Waals surface area contributed by atoms with Gasteiger partial charge in [-0.2, -0.15) is 0 Å². The molecule has 0 heterocycles. The minimum absolute atomic E-state index is 0.257. The van der Waals surface area contributed by atoms with Gasteiger partial charge in [0.2, 0.25) is 0 Å². The summed E-state index contributed by atoms with van der Waals surface area (Å²) in [6.45, 7) is 0. The number of aromatic hydroxyl groups is 1. The van der Waals surface area contributed by atoms with Gasteiger partial charge in [-0.15, -0.1) is 0 Å². The summed E-state index contributed by atoms with van der Waals surface area (Å²) in [7, 11) is 1.64. The molecule has 0 radical (unpaired) electrons. The molecule has 0 saturated heterocycles. The summed E-state index contributed by atoms with van der Waals surface area (Å²) in [5.41, 5.74) is 1.83. The third-order valence-corrected chi connectivity index (χ3v) is 4.24. The van der Waals surface area contributed by atoms with Crippen molar-refractivity contribution in [3.05, 3.63) is 72.8 Å². The predicted octanol–water partition coefficient (Wildman–Crippen LogP) is 5.37. The van der Waals surface area contributed by atoms with E-state index >= 15 is 0 Å². The highest BCUT2D eigenvalue weighted by Gasteiger charge is 2.13. The highest BCUT2D eigenvalue weighted by Crippen LogP contribution is 2.41. The van der Waals surface area contributed by atoms with E-state index < -0.39 is 0 Å². The maximum absolute atomic E-state index is 10.4. The van der Waals surface area contributed by atoms with Crippen LogP contribution in [0.25, 0.3) is 32.7 Å². The lowest BCUT2D eigenvalue weighted by Gasteiger charge is -2.14. The highest BCUT2D eigenvalue weighted by atomic mass is 16.5. The molecule has 0 aliphatic carbocycles.